The van der Waals surface area contributed by atoms with Gasteiger partial charge < -0.3 is 9.32 Å². The number of fused-ring (bicyclic) bond motifs is 11. The average molecular weight is 682 g/mol. The zero-order valence-corrected chi connectivity index (χ0v) is 30.7. The van der Waals surface area contributed by atoms with E-state index >= 15 is 0 Å². The Kier molecular flexibility index (Phi) is 6.03. The molecule has 0 saturated heterocycles. The zero-order chi connectivity index (χ0) is 35.8. The van der Waals surface area contributed by atoms with Crippen LogP contribution in [0.2, 0.25) is 0 Å². The van der Waals surface area contributed by atoms with E-state index in [0.717, 1.165) is 39.0 Å². The van der Waals surface area contributed by atoms with E-state index in [2.05, 4.69) is 179 Å². The second-order valence-corrected chi connectivity index (χ2v) is 16.3. The number of nitrogens with zero attached hydrogens (tertiary/aromatic N) is 1. The highest BCUT2D eigenvalue weighted by Crippen LogP contribution is 2.57. The highest BCUT2D eigenvalue weighted by Gasteiger charge is 2.42. The molecule has 0 aliphatic heterocycles. The Morgan fingerprint density at radius 1 is 0.434 bits per heavy atom. The minimum absolute atomic E-state index is 0.0789. The number of hydrogen-bond donors (Lipinski definition) is 0. The van der Waals surface area contributed by atoms with Crippen molar-refractivity contribution in [2.45, 2.75) is 45.4 Å². The first-order valence-electron chi connectivity index (χ1n) is 18.8. The van der Waals surface area contributed by atoms with Crippen LogP contribution < -0.4 is 4.90 Å². The van der Waals surface area contributed by atoms with Gasteiger partial charge in [0, 0.05) is 33.0 Å². The molecule has 1 heterocycles. The third-order valence-corrected chi connectivity index (χ3v) is 12.5. The van der Waals surface area contributed by atoms with Gasteiger partial charge in [-0.25, -0.2) is 0 Å². The zero-order valence-electron chi connectivity index (χ0n) is 30.7. The Balaban J connectivity index is 1.08. The third kappa shape index (κ3) is 4.21. The molecule has 9 aromatic rings. The largest absolute Gasteiger partial charge is 0.454 e. The lowest BCUT2D eigenvalue weighted by Crippen LogP contribution is -2.17. The summed E-state index contributed by atoms with van der Waals surface area (Å²) in [5.41, 5.74) is 17.2. The number of rotatable bonds is 3. The van der Waals surface area contributed by atoms with E-state index in [1.54, 1.807) is 0 Å². The maximum absolute atomic E-state index is 6.59. The second-order valence-electron chi connectivity index (χ2n) is 16.3. The van der Waals surface area contributed by atoms with Gasteiger partial charge in [0.1, 0.15) is 5.58 Å². The predicted molar refractivity (Wildman–Crippen MR) is 223 cm³/mol. The molecule has 0 unspecified atom stereocenters. The van der Waals surface area contributed by atoms with Gasteiger partial charge in [0.2, 0.25) is 0 Å². The molecule has 0 saturated carbocycles. The molecule has 0 bridgehead atoms. The van der Waals surface area contributed by atoms with Crippen molar-refractivity contribution in [2.75, 3.05) is 4.90 Å². The van der Waals surface area contributed by atoms with Gasteiger partial charge in [-0.05, 0) is 146 Å². The normalized spacial score (nSPS) is 14.8. The van der Waals surface area contributed by atoms with Crippen molar-refractivity contribution >= 4 is 60.5 Å². The first-order valence-corrected chi connectivity index (χ1v) is 18.8. The van der Waals surface area contributed by atoms with E-state index < -0.39 is 0 Å². The van der Waals surface area contributed by atoms with Crippen LogP contribution in [0.15, 0.2) is 150 Å². The van der Waals surface area contributed by atoms with Crippen LogP contribution >= 0.6 is 0 Å². The number of hydrogen-bond acceptors (Lipinski definition) is 2. The van der Waals surface area contributed by atoms with Gasteiger partial charge in [-0.2, -0.15) is 0 Å². The molecule has 0 fully saturated rings. The maximum atomic E-state index is 6.59. The van der Waals surface area contributed by atoms with Gasteiger partial charge in [0.05, 0.1) is 5.69 Å². The van der Waals surface area contributed by atoms with Crippen molar-refractivity contribution in [2.24, 2.45) is 0 Å². The number of aryl methyl sites for hydroxylation is 1. The van der Waals surface area contributed by atoms with Crippen LogP contribution in [-0.2, 0) is 10.8 Å². The maximum Gasteiger partial charge on any atom is 0.159 e. The van der Waals surface area contributed by atoms with Gasteiger partial charge in [-0.1, -0.05) is 106 Å². The topological polar surface area (TPSA) is 16.4 Å². The molecule has 2 aliphatic carbocycles. The lowest BCUT2D eigenvalue weighted by atomic mass is 9.79. The Morgan fingerprint density at radius 3 is 1.66 bits per heavy atom. The van der Waals surface area contributed by atoms with Crippen LogP contribution in [0.5, 0.6) is 0 Å². The minimum Gasteiger partial charge on any atom is -0.454 e. The van der Waals surface area contributed by atoms with E-state index in [9.17, 15) is 0 Å². The summed E-state index contributed by atoms with van der Waals surface area (Å²) in [4.78, 5) is 2.35. The van der Waals surface area contributed by atoms with Crippen molar-refractivity contribution in [3.8, 4) is 22.3 Å². The van der Waals surface area contributed by atoms with Crippen LogP contribution in [0.25, 0.3) is 65.7 Å². The molecule has 0 radical (unpaired) electrons. The Morgan fingerprint density at radius 2 is 0.962 bits per heavy atom. The summed E-state index contributed by atoms with van der Waals surface area (Å²) < 4.78 is 6.59. The van der Waals surface area contributed by atoms with Gasteiger partial charge in [-0.15, -0.1) is 0 Å². The van der Waals surface area contributed by atoms with Gasteiger partial charge in [-0.3, -0.25) is 0 Å². The molecule has 2 heteroatoms. The lowest BCUT2D eigenvalue weighted by molar-refractivity contribution is 0.653. The SMILES string of the molecule is Cc1ccc(N(c2ccc3cc4c(cc3c2)C(C)(C)c2cc3c(cc2-4)C(C)(C)c2cc4ccccc4cc2-3)c2cccc3c2oc2ccccc23)cc1. The molecule has 1 aromatic heterocycles. The fourth-order valence-corrected chi connectivity index (χ4v) is 9.54. The summed E-state index contributed by atoms with van der Waals surface area (Å²) in [6, 6.07) is 54.1. The van der Waals surface area contributed by atoms with E-state index in [4.69, 9.17) is 4.42 Å². The second kappa shape index (κ2) is 10.5. The first kappa shape index (κ1) is 30.5. The number of anilines is 3. The molecule has 2 nitrogen and oxygen atoms in total. The van der Waals surface area contributed by atoms with Crippen molar-refractivity contribution in [3.63, 3.8) is 0 Å². The summed E-state index contributed by atoms with van der Waals surface area (Å²) in [5, 5.41) is 7.36. The number of para-hydroxylation sites is 2. The van der Waals surface area contributed by atoms with Crippen molar-refractivity contribution < 1.29 is 4.42 Å². The molecular formula is C51H39NO. The summed E-state index contributed by atoms with van der Waals surface area (Å²) in [7, 11) is 0. The summed E-state index contributed by atoms with van der Waals surface area (Å²) in [6.07, 6.45) is 0. The van der Waals surface area contributed by atoms with Gasteiger partial charge in [0.25, 0.3) is 0 Å². The van der Waals surface area contributed by atoms with Crippen LogP contribution in [0.3, 0.4) is 0 Å². The van der Waals surface area contributed by atoms with Crippen molar-refractivity contribution in [3.05, 3.63) is 173 Å². The standard InChI is InChI=1S/C51H39NO/c1-30-17-20-35(21-18-30)52(47-15-10-14-38-37-13-8-9-16-48(37)53-49(38)47)36-22-19-33-25-40-42-29-45-41(28-46(42)51(4,5)44(40)27-34(33)23-36)39-24-31-11-6-7-12-32(31)26-43(39)50(45,2)3/h6-29H,1-5H3. The van der Waals surface area contributed by atoms with Gasteiger partial charge in [0.15, 0.2) is 5.58 Å². The van der Waals surface area contributed by atoms with Crippen molar-refractivity contribution in [1.29, 1.82) is 0 Å². The summed E-state index contributed by atoms with van der Waals surface area (Å²) >= 11 is 0. The molecule has 53 heavy (non-hydrogen) atoms. The summed E-state index contributed by atoms with van der Waals surface area (Å²) in [5.74, 6) is 0. The fraction of sp³-hybridized carbons (Fsp3) is 0.137. The highest BCUT2D eigenvalue weighted by molar-refractivity contribution is 6.10. The van der Waals surface area contributed by atoms with E-state index in [-0.39, 0.29) is 10.8 Å². The summed E-state index contributed by atoms with van der Waals surface area (Å²) in [6.45, 7) is 11.7. The van der Waals surface area contributed by atoms with Crippen molar-refractivity contribution in [1.82, 2.24) is 0 Å². The quantitative estimate of drug-likeness (QED) is 0.185. The van der Waals surface area contributed by atoms with Crippen LogP contribution in [0.4, 0.5) is 17.1 Å². The molecular weight excluding hydrogens is 643 g/mol. The Bertz CT molecular complexity index is 3010. The molecule has 254 valence electrons. The number of furan rings is 1. The van der Waals surface area contributed by atoms with Gasteiger partial charge >= 0.3 is 0 Å². The Hall–Kier alpha value is -6.12. The smallest absolute Gasteiger partial charge is 0.159 e. The monoisotopic (exact) mass is 681 g/mol. The molecule has 0 spiro atoms. The molecule has 0 atom stereocenters. The van der Waals surface area contributed by atoms with E-state index in [0.29, 0.717) is 0 Å². The van der Waals surface area contributed by atoms with Crippen LogP contribution in [0.1, 0.15) is 55.5 Å². The first-order chi connectivity index (χ1) is 25.7. The average Bonchev–Trinajstić information content (AvgIpc) is 3.73. The third-order valence-electron chi connectivity index (χ3n) is 12.5. The lowest BCUT2D eigenvalue weighted by Gasteiger charge is -2.26. The fourth-order valence-electron chi connectivity index (χ4n) is 9.54. The van der Waals surface area contributed by atoms with E-state index in [1.807, 2.05) is 6.07 Å². The highest BCUT2D eigenvalue weighted by atomic mass is 16.3. The molecule has 2 aliphatic rings. The van der Waals surface area contributed by atoms with Crippen LogP contribution in [-0.4, -0.2) is 0 Å². The van der Waals surface area contributed by atoms with Crippen LogP contribution in [0, 0.1) is 6.92 Å². The number of benzene rings is 8. The molecule has 11 rings (SSSR count). The molecule has 0 amide bonds. The van der Waals surface area contributed by atoms with E-state index in [1.165, 1.54) is 71.6 Å². The minimum atomic E-state index is -0.149. The molecule has 0 N–H and O–H groups in total. The molecule has 8 aromatic carbocycles. The predicted octanol–water partition coefficient (Wildman–Crippen LogP) is 14.3. The Labute approximate surface area is 309 Å².